The van der Waals surface area contributed by atoms with Crippen LogP contribution in [-0.2, 0) is 16.1 Å². The topological polar surface area (TPSA) is 47.4 Å². The van der Waals surface area contributed by atoms with E-state index in [1.54, 1.807) is 6.20 Å². The van der Waals surface area contributed by atoms with Crippen LogP contribution in [0.1, 0.15) is 32.1 Å². The molecule has 0 aliphatic carbocycles. The van der Waals surface area contributed by atoms with Gasteiger partial charge < -0.3 is 9.64 Å². The Labute approximate surface area is 113 Å². The number of hydrogen-bond donors (Lipinski definition) is 0. The molecule has 0 bridgehead atoms. The lowest BCUT2D eigenvalue weighted by atomic mass is 10.1. The van der Waals surface area contributed by atoms with E-state index < -0.39 is 0 Å². The lowest BCUT2D eigenvalue weighted by Crippen LogP contribution is -2.39. The minimum atomic E-state index is 0.151. The van der Waals surface area contributed by atoms with Gasteiger partial charge in [-0.25, -0.2) is 0 Å². The van der Waals surface area contributed by atoms with Gasteiger partial charge in [-0.1, -0.05) is 0 Å². The van der Waals surface area contributed by atoms with Gasteiger partial charge in [0, 0.05) is 25.5 Å². The maximum absolute atomic E-state index is 12.4. The van der Waals surface area contributed by atoms with E-state index in [9.17, 15) is 4.79 Å². The maximum atomic E-state index is 12.4. The Hall–Kier alpha value is -1.36. The third kappa shape index (κ3) is 2.97. The molecule has 3 rings (SSSR count). The fourth-order valence-electron chi connectivity index (χ4n) is 3.10. The van der Waals surface area contributed by atoms with Crippen molar-refractivity contribution in [2.75, 3.05) is 13.2 Å². The van der Waals surface area contributed by atoms with Gasteiger partial charge >= 0.3 is 0 Å². The summed E-state index contributed by atoms with van der Waals surface area (Å²) in [5.41, 5.74) is 0. The zero-order chi connectivity index (χ0) is 13.1. The normalized spacial score (nSPS) is 27.1. The summed E-state index contributed by atoms with van der Waals surface area (Å²) in [5, 5.41) is 4.23. The predicted molar refractivity (Wildman–Crippen MR) is 70.6 cm³/mol. The highest BCUT2D eigenvalue weighted by Gasteiger charge is 2.31. The molecular weight excluding hydrogens is 242 g/mol. The zero-order valence-corrected chi connectivity index (χ0v) is 11.2. The van der Waals surface area contributed by atoms with Crippen LogP contribution in [0, 0.1) is 0 Å². The fourth-order valence-corrected chi connectivity index (χ4v) is 3.10. The van der Waals surface area contributed by atoms with Gasteiger partial charge in [-0.15, -0.1) is 0 Å². The van der Waals surface area contributed by atoms with Crippen molar-refractivity contribution < 1.29 is 9.53 Å². The number of aromatic nitrogens is 2. The van der Waals surface area contributed by atoms with Crippen LogP contribution in [0.3, 0.4) is 0 Å². The molecule has 0 radical (unpaired) electrons. The van der Waals surface area contributed by atoms with Crippen molar-refractivity contribution in [2.24, 2.45) is 0 Å². The number of carbonyl (C=O) groups excluding carboxylic acids is 1. The molecule has 0 saturated carbocycles. The summed E-state index contributed by atoms with van der Waals surface area (Å²) in [6, 6.07) is 2.22. The first kappa shape index (κ1) is 12.7. The second-order valence-corrected chi connectivity index (χ2v) is 5.45. The largest absolute Gasteiger partial charge is 0.378 e. The molecule has 0 spiro atoms. The summed E-state index contributed by atoms with van der Waals surface area (Å²) in [4.78, 5) is 14.4. The van der Waals surface area contributed by atoms with Crippen molar-refractivity contribution in [1.82, 2.24) is 14.7 Å². The summed E-state index contributed by atoms with van der Waals surface area (Å²) < 4.78 is 7.48. The van der Waals surface area contributed by atoms with E-state index in [1.165, 1.54) is 0 Å². The Balaban J connectivity index is 1.57. The molecule has 5 nitrogen and oxygen atoms in total. The van der Waals surface area contributed by atoms with Gasteiger partial charge in [-0.2, -0.15) is 5.10 Å². The van der Waals surface area contributed by atoms with Crippen molar-refractivity contribution in [3.63, 3.8) is 0 Å². The summed E-state index contributed by atoms with van der Waals surface area (Å²) in [6.07, 6.45) is 8.75. The van der Waals surface area contributed by atoms with E-state index in [4.69, 9.17) is 4.74 Å². The van der Waals surface area contributed by atoms with Crippen molar-refractivity contribution in [2.45, 2.75) is 50.8 Å². The van der Waals surface area contributed by atoms with Gasteiger partial charge in [0.15, 0.2) is 0 Å². The molecule has 0 N–H and O–H groups in total. The molecule has 0 unspecified atom stereocenters. The predicted octanol–water partition coefficient (Wildman–Crippen LogP) is 1.44. The van der Waals surface area contributed by atoms with Gasteiger partial charge in [-0.05, 0) is 31.7 Å². The lowest BCUT2D eigenvalue weighted by Gasteiger charge is -2.25. The summed E-state index contributed by atoms with van der Waals surface area (Å²) in [6.45, 7) is 2.51. The van der Waals surface area contributed by atoms with Crippen LogP contribution >= 0.6 is 0 Å². The van der Waals surface area contributed by atoms with Gasteiger partial charge in [0.1, 0.15) is 0 Å². The second kappa shape index (κ2) is 5.74. The standard InChI is InChI=1S/C14H21N3O2/c18-14(10-13-5-2-9-19-13)17-8-1-4-12(17)11-16-7-3-6-15-16/h3,6-7,12-13H,1-2,4-5,8-11H2/t12-,13+/m1/s1. The molecule has 2 aliphatic rings. The van der Waals surface area contributed by atoms with Gasteiger partial charge in [0.2, 0.25) is 5.91 Å². The number of nitrogens with zero attached hydrogens (tertiary/aromatic N) is 3. The zero-order valence-electron chi connectivity index (χ0n) is 11.2. The van der Waals surface area contributed by atoms with E-state index >= 15 is 0 Å². The molecule has 2 fully saturated rings. The third-order valence-electron chi connectivity index (χ3n) is 4.08. The average molecular weight is 263 g/mol. The first-order chi connectivity index (χ1) is 9.33. The van der Waals surface area contributed by atoms with Crippen LogP contribution in [-0.4, -0.2) is 45.9 Å². The third-order valence-corrected chi connectivity index (χ3v) is 4.08. The molecule has 0 aromatic carbocycles. The van der Waals surface area contributed by atoms with Gasteiger partial charge in [0.05, 0.1) is 25.1 Å². The quantitative estimate of drug-likeness (QED) is 0.826. The fraction of sp³-hybridized carbons (Fsp3) is 0.714. The summed E-state index contributed by atoms with van der Waals surface area (Å²) in [7, 11) is 0. The number of likely N-dealkylation sites (tertiary alicyclic amines) is 1. The maximum Gasteiger partial charge on any atom is 0.225 e. The number of hydrogen-bond acceptors (Lipinski definition) is 3. The minimum Gasteiger partial charge on any atom is -0.378 e. The van der Waals surface area contributed by atoms with Crippen LogP contribution in [0.15, 0.2) is 18.5 Å². The number of carbonyl (C=O) groups is 1. The van der Waals surface area contributed by atoms with Gasteiger partial charge in [0.25, 0.3) is 0 Å². The Morgan fingerprint density at radius 1 is 1.37 bits per heavy atom. The average Bonchev–Trinajstić information content (AvgIpc) is 3.10. The SMILES string of the molecule is O=C(C[C@@H]1CCCO1)N1CCC[C@@H]1Cn1cccn1. The molecule has 1 aromatic heterocycles. The monoisotopic (exact) mass is 263 g/mol. The van der Waals surface area contributed by atoms with E-state index in [1.807, 2.05) is 21.8 Å². The second-order valence-electron chi connectivity index (χ2n) is 5.45. The minimum absolute atomic E-state index is 0.151. The number of ether oxygens (including phenoxy) is 1. The molecule has 5 heteroatoms. The lowest BCUT2D eigenvalue weighted by molar-refractivity contribution is -0.134. The van der Waals surface area contributed by atoms with Gasteiger partial charge in [-0.3, -0.25) is 9.48 Å². The van der Waals surface area contributed by atoms with E-state index in [0.29, 0.717) is 12.5 Å². The highest BCUT2D eigenvalue weighted by molar-refractivity contribution is 5.77. The molecule has 3 heterocycles. The van der Waals surface area contributed by atoms with Crippen molar-refractivity contribution >= 4 is 5.91 Å². The van der Waals surface area contributed by atoms with Crippen LogP contribution < -0.4 is 0 Å². The smallest absolute Gasteiger partial charge is 0.225 e. The molecular formula is C14H21N3O2. The highest BCUT2D eigenvalue weighted by atomic mass is 16.5. The van der Waals surface area contributed by atoms with E-state index in [0.717, 1.165) is 45.4 Å². The van der Waals surface area contributed by atoms with Crippen molar-refractivity contribution in [3.05, 3.63) is 18.5 Å². The molecule has 2 saturated heterocycles. The highest BCUT2D eigenvalue weighted by Crippen LogP contribution is 2.22. The van der Waals surface area contributed by atoms with E-state index in [2.05, 4.69) is 5.10 Å². The summed E-state index contributed by atoms with van der Waals surface area (Å²) >= 11 is 0. The van der Waals surface area contributed by atoms with E-state index in [-0.39, 0.29) is 12.0 Å². The number of rotatable bonds is 4. The summed E-state index contributed by atoms with van der Waals surface area (Å²) in [5.74, 6) is 0.251. The molecule has 1 amide bonds. The van der Waals surface area contributed by atoms with Crippen LogP contribution in [0.2, 0.25) is 0 Å². The molecule has 1 aromatic rings. The first-order valence-corrected chi connectivity index (χ1v) is 7.21. The molecule has 2 atom stereocenters. The van der Waals surface area contributed by atoms with Crippen LogP contribution in [0.5, 0.6) is 0 Å². The van der Waals surface area contributed by atoms with Crippen LogP contribution in [0.4, 0.5) is 0 Å². The van der Waals surface area contributed by atoms with Crippen molar-refractivity contribution in [1.29, 1.82) is 0 Å². The Kier molecular flexibility index (Phi) is 3.82. The molecule has 104 valence electrons. The Morgan fingerprint density at radius 3 is 3.05 bits per heavy atom. The van der Waals surface area contributed by atoms with Crippen molar-refractivity contribution in [3.8, 4) is 0 Å². The number of amides is 1. The molecule has 2 aliphatic heterocycles. The van der Waals surface area contributed by atoms with Crippen LogP contribution in [0.25, 0.3) is 0 Å². The molecule has 19 heavy (non-hydrogen) atoms. The Bertz CT molecular complexity index is 412. The first-order valence-electron chi connectivity index (χ1n) is 7.21. The Morgan fingerprint density at radius 2 is 2.32 bits per heavy atom.